The van der Waals surface area contributed by atoms with Crippen LogP contribution in [0.15, 0.2) is 47.4 Å². The highest BCUT2D eigenvalue weighted by molar-refractivity contribution is 5.95. The standard InChI is InChI=1S/C25H32N4O3/c1-18-17-22(30)24(31)23(29(18)2)25(32)28-15-10-6-4-3-5-9-14-26-21-13-16-27-20-12-8-7-11-19(20)21/h7-8,11-13,16-17,31H,3-6,9-10,14-15H2,1-2H3,(H,26,27)(H,28,32). The Morgan fingerprint density at radius 1 is 1.03 bits per heavy atom. The normalized spacial score (nSPS) is 10.9. The van der Waals surface area contributed by atoms with E-state index in [2.05, 4.69) is 21.7 Å². The molecule has 0 aliphatic rings. The Hall–Kier alpha value is -3.35. The molecule has 0 saturated heterocycles. The van der Waals surface area contributed by atoms with Crippen molar-refractivity contribution in [3.05, 3.63) is 64.2 Å². The Morgan fingerprint density at radius 2 is 1.72 bits per heavy atom. The molecule has 0 radical (unpaired) electrons. The Kier molecular flexibility index (Phi) is 8.25. The van der Waals surface area contributed by atoms with Crippen molar-refractivity contribution in [3.8, 4) is 5.75 Å². The number of carbonyl (C=O) groups is 1. The van der Waals surface area contributed by atoms with Gasteiger partial charge in [-0.3, -0.25) is 14.6 Å². The number of hydrogen-bond donors (Lipinski definition) is 3. The van der Waals surface area contributed by atoms with E-state index in [-0.39, 0.29) is 5.69 Å². The molecule has 170 valence electrons. The van der Waals surface area contributed by atoms with Crippen LogP contribution in [0.1, 0.15) is 54.7 Å². The molecule has 0 fully saturated rings. The van der Waals surface area contributed by atoms with Gasteiger partial charge in [0.2, 0.25) is 5.43 Å². The summed E-state index contributed by atoms with van der Waals surface area (Å²) >= 11 is 0. The smallest absolute Gasteiger partial charge is 0.271 e. The quantitative estimate of drug-likeness (QED) is 0.393. The lowest BCUT2D eigenvalue weighted by Gasteiger charge is -2.13. The Balaban J connectivity index is 1.28. The number of anilines is 1. The van der Waals surface area contributed by atoms with Gasteiger partial charge in [-0.05, 0) is 31.9 Å². The number of carbonyl (C=O) groups excluding carboxylic acids is 1. The molecule has 1 aromatic carbocycles. The molecule has 0 bridgehead atoms. The lowest BCUT2D eigenvalue weighted by molar-refractivity contribution is 0.0940. The minimum Gasteiger partial charge on any atom is -0.503 e. The number of pyridine rings is 2. The van der Waals surface area contributed by atoms with Crippen molar-refractivity contribution in [2.75, 3.05) is 18.4 Å². The second-order valence-electron chi connectivity index (χ2n) is 8.09. The maximum Gasteiger partial charge on any atom is 0.271 e. The van der Waals surface area contributed by atoms with Gasteiger partial charge in [0.1, 0.15) is 0 Å². The van der Waals surface area contributed by atoms with E-state index in [1.807, 2.05) is 30.5 Å². The number of para-hydroxylation sites is 1. The van der Waals surface area contributed by atoms with Gasteiger partial charge in [0, 0.05) is 49.2 Å². The van der Waals surface area contributed by atoms with E-state index in [0.717, 1.165) is 61.7 Å². The minimum atomic E-state index is -0.530. The van der Waals surface area contributed by atoms with Gasteiger partial charge in [-0.25, -0.2) is 0 Å². The molecule has 0 spiro atoms. The third kappa shape index (κ3) is 5.87. The van der Waals surface area contributed by atoms with E-state index in [0.29, 0.717) is 12.2 Å². The van der Waals surface area contributed by atoms with Crippen molar-refractivity contribution < 1.29 is 9.90 Å². The molecule has 2 aromatic heterocycles. The van der Waals surface area contributed by atoms with Crippen LogP contribution in [0.3, 0.4) is 0 Å². The molecule has 32 heavy (non-hydrogen) atoms. The molecule has 2 heterocycles. The number of amides is 1. The highest BCUT2D eigenvalue weighted by atomic mass is 16.3. The van der Waals surface area contributed by atoms with Gasteiger partial charge in [0.15, 0.2) is 11.4 Å². The summed E-state index contributed by atoms with van der Waals surface area (Å²) in [7, 11) is 1.66. The number of benzene rings is 1. The highest BCUT2D eigenvalue weighted by Gasteiger charge is 2.17. The molecule has 7 nitrogen and oxygen atoms in total. The summed E-state index contributed by atoms with van der Waals surface area (Å²) in [6, 6.07) is 11.5. The molecule has 0 aliphatic heterocycles. The molecule has 0 unspecified atom stereocenters. The highest BCUT2D eigenvalue weighted by Crippen LogP contribution is 2.21. The number of hydrogen-bond acceptors (Lipinski definition) is 5. The molecule has 1 amide bonds. The van der Waals surface area contributed by atoms with Gasteiger partial charge in [0.05, 0.1) is 5.52 Å². The molecule has 0 atom stereocenters. The van der Waals surface area contributed by atoms with Gasteiger partial charge in [0.25, 0.3) is 5.91 Å². The van der Waals surface area contributed by atoms with Crippen molar-refractivity contribution in [1.29, 1.82) is 0 Å². The summed E-state index contributed by atoms with van der Waals surface area (Å²) in [5, 5.41) is 17.4. The zero-order valence-corrected chi connectivity index (χ0v) is 18.9. The molecule has 3 N–H and O–H groups in total. The predicted octanol–water partition coefficient (Wildman–Crippen LogP) is 4.13. The molecule has 0 aliphatic carbocycles. The van der Waals surface area contributed by atoms with Crippen molar-refractivity contribution in [2.45, 2.75) is 45.4 Å². The number of unbranched alkanes of at least 4 members (excludes halogenated alkanes) is 5. The third-order valence-corrected chi connectivity index (χ3v) is 5.73. The molecule has 7 heteroatoms. The first-order valence-electron chi connectivity index (χ1n) is 11.2. The van der Waals surface area contributed by atoms with Gasteiger partial charge in [-0.1, -0.05) is 43.9 Å². The zero-order chi connectivity index (χ0) is 22.9. The third-order valence-electron chi connectivity index (χ3n) is 5.73. The topological polar surface area (TPSA) is 96.2 Å². The van der Waals surface area contributed by atoms with E-state index in [4.69, 9.17) is 0 Å². The average molecular weight is 437 g/mol. The maximum absolute atomic E-state index is 12.4. The number of aromatic hydroxyl groups is 1. The number of nitrogens with zero attached hydrogens (tertiary/aromatic N) is 2. The van der Waals surface area contributed by atoms with Crippen LogP contribution < -0.4 is 16.1 Å². The fraction of sp³-hybridized carbons (Fsp3) is 0.400. The molecular formula is C25H32N4O3. The van der Waals surface area contributed by atoms with Crippen molar-refractivity contribution in [2.24, 2.45) is 7.05 Å². The maximum atomic E-state index is 12.4. The summed E-state index contributed by atoms with van der Waals surface area (Å²) in [5.74, 6) is -0.913. The fourth-order valence-corrected chi connectivity index (χ4v) is 3.78. The van der Waals surface area contributed by atoms with E-state index in [1.165, 1.54) is 10.6 Å². The lowest BCUT2D eigenvalue weighted by Crippen LogP contribution is -2.29. The van der Waals surface area contributed by atoms with Gasteiger partial charge in [-0.2, -0.15) is 0 Å². The molecule has 3 rings (SSSR count). The van der Waals surface area contributed by atoms with E-state index in [9.17, 15) is 14.7 Å². The average Bonchev–Trinajstić information content (AvgIpc) is 2.79. The lowest BCUT2D eigenvalue weighted by atomic mass is 10.1. The van der Waals surface area contributed by atoms with E-state index < -0.39 is 17.1 Å². The molecule has 3 aromatic rings. The summed E-state index contributed by atoms with van der Waals surface area (Å²) in [6.45, 7) is 3.19. The summed E-state index contributed by atoms with van der Waals surface area (Å²) in [4.78, 5) is 28.5. The van der Waals surface area contributed by atoms with Gasteiger partial charge < -0.3 is 20.3 Å². The van der Waals surface area contributed by atoms with Crippen molar-refractivity contribution in [1.82, 2.24) is 14.9 Å². The SMILES string of the molecule is Cc1cc(=O)c(O)c(C(=O)NCCCCCCCCNc2ccnc3ccccc23)n1C. The van der Waals surface area contributed by atoms with Gasteiger partial charge >= 0.3 is 0 Å². The number of aryl methyl sites for hydroxylation is 1. The first-order valence-corrected chi connectivity index (χ1v) is 11.2. The largest absolute Gasteiger partial charge is 0.503 e. The van der Waals surface area contributed by atoms with Crippen LogP contribution >= 0.6 is 0 Å². The Morgan fingerprint density at radius 3 is 2.50 bits per heavy atom. The number of nitrogens with one attached hydrogen (secondary N) is 2. The summed E-state index contributed by atoms with van der Waals surface area (Å²) < 4.78 is 1.54. The first kappa shape index (κ1) is 23.3. The predicted molar refractivity (Wildman–Crippen MR) is 128 cm³/mol. The van der Waals surface area contributed by atoms with E-state index in [1.54, 1.807) is 14.0 Å². The van der Waals surface area contributed by atoms with Crippen LogP contribution in [0.5, 0.6) is 5.75 Å². The monoisotopic (exact) mass is 436 g/mol. The van der Waals surface area contributed by atoms with Crippen LogP contribution in [0.25, 0.3) is 10.9 Å². The number of aromatic nitrogens is 2. The first-order chi connectivity index (χ1) is 15.5. The summed E-state index contributed by atoms with van der Waals surface area (Å²) in [5.41, 5.74) is 2.25. The number of fused-ring (bicyclic) bond motifs is 1. The fourth-order valence-electron chi connectivity index (χ4n) is 3.78. The van der Waals surface area contributed by atoms with Gasteiger partial charge in [-0.15, -0.1) is 0 Å². The van der Waals surface area contributed by atoms with Crippen LogP contribution in [0.4, 0.5) is 5.69 Å². The Bertz CT molecular complexity index is 1120. The second kappa shape index (κ2) is 11.3. The number of rotatable bonds is 11. The van der Waals surface area contributed by atoms with Crippen molar-refractivity contribution in [3.63, 3.8) is 0 Å². The molecular weight excluding hydrogens is 404 g/mol. The zero-order valence-electron chi connectivity index (χ0n) is 18.9. The van der Waals surface area contributed by atoms with Crippen LogP contribution in [0.2, 0.25) is 0 Å². The van der Waals surface area contributed by atoms with Crippen LogP contribution in [0, 0.1) is 6.92 Å². The minimum absolute atomic E-state index is 0.0180. The summed E-state index contributed by atoms with van der Waals surface area (Å²) in [6.07, 6.45) is 8.26. The van der Waals surface area contributed by atoms with E-state index >= 15 is 0 Å². The molecule has 0 saturated carbocycles. The van der Waals surface area contributed by atoms with Crippen molar-refractivity contribution >= 4 is 22.5 Å². The van der Waals surface area contributed by atoms with Crippen LogP contribution in [-0.2, 0) is 7.05 Å². The van der Waals surface area contributed by atoms with Crippen LogP contribution in [-0.4, -0.2) is 33.7 Å². The Labute approximate surface area is 188 Å². The second-order valence-corrected chi connectivity index (χ2v) is 8.09.